The molecule has 0 saturated heterocycles. The molecule has 3 aromatic rings. The van der Waals surface area contributed by atoms with Gasteiger partial charge in [0.2, 0.25) is 5.88 Å². The topological polar surface area (TPSA) is 91.5 Å². The maximum atomic E-state index is 13.4. The molecule has 3 aromatic heterocycles. The number of alkyl halides is 3. The molecule has 214 valence electrons. The summed E-state index contributed by atoms with van der Waals surface area (Å²) in [5.74, 6) is 0.481. The van der Waals surface area contributed by atoms with E-state index in [4.69, 9.17) is 14.2 Å². The Morgan fingerprint density at radius 3 is 2.38 bits per heavy atom. The first-order valence-electron chi connectivity index (χ1n) is 12.6. The van der Waals surface area contributed by atoms with Crippen molar-refractivity contribution in [3.8, 4) is 28.5 Å². The lowest BCUT2D eigenvalue weighted by Crippen LogP contribution is -2.36. The third-order valence-electron chi connectivity index (χ3n) is 6.17. The lowest BCUT2D eigenvalue weighted by Gasteiger charge is -2.28. The number of rotatable bonds is 12. The monoisotopic (exact) mass is 566 g/mol. The SMILES string of the molecule is COC(O)C(C)(C)COc1cc(C)c(-c2ccc(-c3nc(C(F)(F)F)cn3COCC[Si](C)(C)C)nc2)cn1. The van der Waals surface area contributed by atoms with Gasteiger partial charge < -0.3 is 23.9 Å². The number of aliphatic hydroxyl groups excluding tert-OH is 1. The molecule has 1 N–H and O–H groups in total. The molecule has 8 nitrogen and oxygen atoms in total. The van der Waals surface area contributed by atoms with E-state index in [9.17, 15) is 18.3 Å². The highest BCUT2D eigenvalue weighted by Crippen LogP contribution is 2.32. The quantitative estimate of drug-likeness (QED) is 0.163. The predicted molar refractivity (Wildman–Crippen MR) is 145 cm³/mol. The van der Waals surface area contributed by atoms with Crippen LogP contribution in [-0.4, -0.2) is 59.3 Å². The van der Waals surface area contributed by atoms with Gasteiger partial charge in [0.25, 0.3) is 0 Å². The molecule has 12 heteroatoms. The summed E-state index contributed by atoms with van der Waals surface area (Å²) < 4.78 is 58.0. The van der Waals surface area contributed by atoms with E-state index < -0.39 is 31.6 Å². The number of aromatic nitrogens is 4. The van der Waals surface area contributed by atoms with Gasteiger partial charge in [0.15, 0.2) is 17.8 Å². The highest BCUT2D eigenvalue weighted by atomic mass is 28.3. The Hall–Kier alpha value is -2.80. The lowest BCUT2D eigenvalue weighted by molar-refractivity contribution is -0.155. The summed E-state index contributed by atoms with van der Waals surface area (Å²) in [5, 5.41) is 9.96. The zero-order valence-electron chi connectivity index (χ0n) is 23.5. The third kappa shape index (κ3) is 8.34. The van der Waals surface area contributed by atoms with E-state index in [-0.39, 0.29) is 19.2 Å². The summed E-state index contributed by atoms with van der Waals surface area (Å²) in [4.78, 5) is 12.6. The van der Waals surface area contributed by atoms with E-state index in [1.165, 1.54) is 11.7 Å². The van der Waals surface area contributed by atoms with Crippen LogP contribution >= 0.6 is 0 Å². The minimum Gasteiger partial charge on any atom is -0.477 e. The molecule has 0 aliphatic rings. The maximum Gasteiger partial charge on any atom is 0.434 e. The van der Waals surface area contributed by atoms with Crippen LogP contribution in [0.4, 0.5) is 13.2 Å². The molecule has 3 rings (SSSR count). The Morgan fingerprint density at radius 2 is 1.82 bits per heavy atom. The van der Waals surface area contributed by atoms with Gasteiger partial charge >= 0.3 is 6.18 Å². The highest BCUT2D eigenvalue weighted by molar-refractivity contribution is 6.76. The first-order chi connectivity index (χ1) is 18.1. The molecule has 0 radical (unpaired) electrons. The number of methoxy groups -OCH3 is 1. The van der Waals surface area contributed by atoms with E-state index in [0.29, 0.717) is 18.2 Å². The van der Waals surface area contributed by atoms with Crippen molar-refractivity contribution in [3.63, 3.8) is 0 Å². The van der Waals surface area contributed by atoms with Crippen LogP contribution < -0.4 is 4.74 Å². The number of aryl methyl sites for hydroxylation is 1. The predicted octanol–water partition coefficient (Wildman–Crippen LogP) is 6.02. The van der Waals surface area contributed by atoms with E-state index in [1.807, 2.05) is 20.8 Å². The fourth-order valence-electron chi connectivity index (χ4n) is 3.64. The van der Waals surface area contributed by atoms with E-state index in [2.05, 4.69) is 34.6 Å². The van der Waals surface area contributed by atoms with Gasteiger partial charge in [-0.3, -0.25) is 4.98 Å². The van der Waals surface area contributed by atoms with Gasteiger partial charge in [0.05, 0.1) is 6.61 Å². The van der Waals surface area contributed by atoms with Crippen LogP contribution in [0, 0.1) is 12.3 Å². The smallest absolute Gasteiger partial charge is 0.434 e. The van der Waals surface area contributed by atoms with Crippen LogP contribution in [0.5, 0.6) is 5.88 Å². The van der Waals surface area contributed by atoms with Gasteiger partial charge in [-0.15, -0.1) is 0 Å². The molecule has 0 aliphatic heterocycles. The summed E-state index contributed by atoms with van der Waals surface area (Å²) in [6.45, 7) is 12.8. The van der Waals surface area contributed by atoms with Crippen LogP contribution in [0.2, 0.25) is 25.7 Å². The second kappa shape index (κ2) is 12.2. The molecule has 0 aliphatic carbocycles. The van der Waals surface area contributed by atoms with Crippen molar-refractivity contribution < 1.29 is 32.5 Å². The molecule has 1 unspecified atom stereocenters. The first kappa shape index (κ1) is 30.7. The maximum absolute atomic E-state index is 13.4. The Balaban J connectivity index is 1.78. The van der Waals surface area contributed by atoms with E-state index >= 15 is 0 Å². The zero-order chi connectivity index (χ0) is 29.0. The molecule has 39 heavy (non-hydrogen) atoms. The number of hydrogen-bond donors (Lipinski definition) is 1. The Morgan fingerprint density at radius 1 is 1.10 bits per heavy atom. The number of ether oxygens (including phenoxy) is 3. The Bertz CT molecular complexity index is 1240. The van der Waals surface area contributed by atoms with Crippen molar-refractivity contribution in [3.05, 3.63) is 48.0 Å². The number of nitrogens with zero attached hydrogens (tertiary/aromatic N) is 4. The minimum absolute atomic E-state index is 0.0466. The summed E-state index contributed by atoms with van der Waals surface area (Å²) in [6, 6.07) is 6.08. The molecule has 0 saturated carbocycles. The second-order valence-corrected chi connectivity index (χ2v) is 17.0. The van der Waals surface area contributed by atoms with Crippen LogP contribution in [-0.2, 0) is 22.4 Å². The summed E-state index contributed by atoms with van der Waals surface area (Å²) in [7, 11) is 0.0909. The van der Waals surface area contributed by atoms with Gasteiger partial charge in [0.1, 0.15) is 12.4 Å². The molecule has 0 fully saturated rings. The first-order valence-corrected chi connectivity index (χ1v) is 16.3. The van der Waals surface area contributed by atoms with Gasteiger partial charge in [0, 0.05) is 63.0 Å². The van der Waals surface area contributed by atoms with Crippen molar-refractivity contribution in [2.45, 2.75) is 65.7 Å². The van der Waals surface area contributed by atoms with Crippen molar-refractivity contribution in [1.29, 1.82) is 0 Å². The number of pyridine rings is 2. The standard InChI is InChI=1S/C27H37F3N4O4Si/c1-18-12-23(38-16-26(2,3)25(35)36-4)32-14-20(18)19-8-9-21(31-13-19)24-33-22(27(28,29)30)15-34(24)17-37-10-11-39(5,6)7/h8-9,12-15,25,35H,10-11,16-17H2,1-7H3. The van der Waals surface area contributed by atoms with Crippen molar-refractivity contribution >= 4 is 8.07 Å². The number of hydrogen-bond acceptors (Lipinski definition) is 7. The fourth-order valence-corrected chi connectivity index (χ4v) is 4.40. The largest absolute Gasteiger partial charge is 0.477 e. The average molecular weight is 567 g/mol. The van der Waals surface area contributed by atoms with Gasteiger partial charge in [-0.2, -0.15) is 13.2 Å². The average Bonchev–Trinajstić information content (AvgIpc) is 3.29. The van der Waals surface area contributed by atoms with E-state index in [1.54, 1.807) is 30.6 Å². The Labute approximate surface area is 228 Å². The van der Waals surface area contributed by atoms with Crippen molar-refractivity contribution in [1.82, 2.24) is 19.5 Å². The molecule has 1 atom stereocenters. The third-order valence-corrected chi connectivity index (χ3v) is 7.87. The summed E-state index contributed by atoms with van der Waals surface area (Å²) >= 11 is 0. The Kier molecular flexibility index (Phi) is 9.58. The van der Waals surface area contributed by atoms with Crippen LogP contribution in [0.3, 0.4) is 0 Å². The number of aliphatic hydroxyl groups is 1. The highest BCUT2D eigenvalue weighted by Gasteiger charge is 2.35. The van der Waals surface area contributed by atoms with Crippen LogP contribution in [0.1, 0.15) is 25.1 Å². The number of imidazole rings is 1. The molecule has 0 bridgehead atoms. The normalized spacial score (nSPS) is 13.5. The second-order valence-electron chi connectivity index (χ2n) is 11.4. The fraction of sp³-hybridized carbons (Fsp3) is 0.519. The molecule has 0 amide bonds. The summed E-state index contributed by atoms with van der Waals surface area (Å²) in [6.07, 6.45) is -1.38. The molecular formula is C27H37F3N4O4Si. The van der Waals surface area contributed by atoms with Gasteiger partial charge in [-0.05, 0) is 24.6 Å². The van der Waals surface area contributed by atoms with Crippen LogP contribution in [0.15, 0.2) is 36.8 Å². The van der Waals surface area contributed by atoms with Gasteiger partial charge in [-0.25, -0.2) is 9.97 Å². The summed E-state index contributed by atoms with van der Waals surface area (Å²) in [5.41, 5.74) is 1.08. The van der Waals surface area contributed by atoms with Crippen LogP contribution in [0.25, 0.3) is 22.6 Å². The van der Waals surface area contributed by atoms with Crippen molar-refractivity contribution in [2.24, 2.45) is 5.41 Å². The molecular weight excluding hydrogens is 529 g/mol. The number of halogens is 3. The minimum atomic E-state index is -4.58. The molecule has 0 aromatic carbocycles. The lowest BCUT2D eigenvalue weighted by atomic mass is 9.94. The van der Waals surface area contributed by atoms with Crippen molar-refractivity contribution in [2.75, 3.05) is 20.3 Å². The van der Waals surface area contributed by atoms with Gasteiger partial charge in [-0.1, -0.05) is 39.6 Å². The van der Waals surface area contributed by atoms with E-state index in [0.717, 1.165) is 28.9 Å². The molecule has 3 heterocycles. The zero-order valence-corrected chi connectivity index (χ0v) is 24.5. The molecule has 0 spiro atoms.